The molecule has 7 nitrogen and oxygen atoms in total. The summed E-state index contributed by atoms with van der Waals surface area (Å²) in [6.45, 7) is 5.79. The van der Waals surface area contributed by atoms with Gasteiger partial charge in [-0.25, -0.2) is 4.98 Å². The molecule has 2 unspecified atom stereocenters. The fourth-order valence-electron chi connectivity index (χ4n) is 5.03. The Morgan fingerprint density at radius 1 is 1.09 bits per heavy atom. The van der Waals surface area contributed by atoms with E-state index in [4.69, 9.17) is 4.74 Å². The van der Waals surface area contributed by atoms with Gasteiger partial charge in [0.2, 0.25) is 0 Å². The number of nitrogens with zero attached hydrogens (tertiary/aromatic N) is 2. The summed E-state index contributed by atoms with van der Waals surface area (Å²) in [4.78, 5) is 32.1. The van der Waals surface area contributed by atoms with Crippen LogP contribution in [0.5, 0.6) is 5.75 Å². The first-order valence-corrected chi connectivity index (χ1v) is 11.4. The minimum Gasteiger partial charge on any atom is -0.496 e. The van der Waals surface area contributed by atoms with E-state index in [2.05, 4.69) is 20.5 Å². The number of anilines is 1. The number of carbonyl (C=O) groups excluding carboxylic acids is 2. The molecule has 7 heteroatoms. The van der Waals surface area contributed by atoms with Gasteiger partial charge in [-0.05, 0) is 70.7 Å². The van der Waals surface area contributed by atoms with Gasteiger partial charge >= 0.3 is 0 Å². The van der Waals surface area contributed by atoms with Gasteiger partial charge in [-0.2, -0.15) is 0 Å². The number of methoxy groups -OCH3 is 1. The second-order valence-electron chi connectivity index (χ2n) is 9.10. The third-order valence-electron chi connectivity index (χ3n) is 6.51. The standard InChI is InChI=1S/C25H32N4O3/c1-15(2)27-24(30)17-8-11-23(26-14-17)29-19-9-10-20(29)13-18(12-19)28-25(31)21-6-5-7-22(32-4)16(21)3/h5-8,11,14-15,18-20H,9-10,12-13H2,1-4H3,(H,27,30)(H,28,31). The molecule has 2 aromatic rings. The second-order valence-corrected chi connectivity index (χ2v) is 9.10. The van der Waals surface area contributed by atoms with Crippen molar-refractivity contribution in [3.63, 3.8) is 0 Å². The van der Waals surface area contributed by atoms with E-state index in [1.54, 1.807) is 13.3 Å². The highest BCUT2D eigenvalue weighted by Crippen LogP contribution is 2.38. The summed E-state index contributed by atoms with van der Waals surface area (Å²) < 4.78 is 5.36. The summed E-state index contributed by atoms with van der Waals surface area (Å²) >= 11 is 0. The number of aromatic nitrogens is 1. The van der Waals surface area contributed by atoms with Crippen molar-refractivity contribution in [3.05, 3.63) is 53.2 Å². The monoisotopic (exact) mass is 436 g/mol. The number of rotatable bonds is 6. The number of pyridine rings is 1. The van der Waals surface area contributed by atoms with Crippen LogP contribution in [-0.4, -0.2) is 48.1 Å². The summed E-state index contributed by atoms with van der Waals surface area (Å²) in [7, 11) is 1.62. The molecule has 0 aliphatic carbocycles. The molecule has 1 aromatic carbocycles. The smallest absolute Gasteiger partial charge is 0.253 e. The third-order valence-corrected chi connectivity index (χ3v) is 6.51. The Morgan fingerprint density at radius 3 is 2.41 bits per heavy atom. The Morgan fingerprint density at radius 2 is 1.81 bits per heavy atom. The zero-order valence-electron chi connectivity index (χ0n) is 19.2. The van der Waals surface area contributed by atoms with Gasteiger partial charge in [0.05, 0.1) is 12.7 Å². The molecule has 170 valence electrons. The predicted molar refractivity (Wildman–Crippen MR) is 124 cm³/mol. The first-order valence-electron chi connectivity index (χ1n) is 11.4. The van der Waals surface area contributed by atoms with E-state index < -0.39 is 0 Å². The van der Waals surface area contributed by atoms with Crippen LogP contribution in [0.3, 0.4) is 0 Å². The van der Waals surface area contributed by atoms with Crippen LogP contribution >= 0.6 is 0 Å². The van der Waals surface area contributed by atoms with Crippen LogP contribution in [0.4, 0.5) is 5.82 Å². The molecule has 2 aliphatic rings. The van der Waals surface area contributed by atoms with Crippen LogP contribution in [0.2, 0.25) is 0 Å². The fraction of sp³-hybridized carbons (Fsp3) is 0.480. The van der Waals surface area contributed by atoms with Crippen molar-refractivity contribution < 1.29 is 14.3 Å². The molecule has 2 atom stereocenters. The quantitative estimate of drug-likeness (QED) is 0.725. The van der Waals surface area contributed by atoms with Crippen LogP contribution < -0.4 is 20.3 Å². The van der Waals surface area contributed by atoms with E-state index in [1.807, 2.05) is 51.1 Å². The first-order chi connectivity index (χ1) is 15.4. The largest absolute Gasteiger partial charge is 0.496 e. The lowest BCUT2D eigenvalue weighted by Crippen LogP contribution is -2.50. The van der Waals surface area contributed by atoms with Gasteiger partial charge in [0.1, 0.15) is 11.6 Å². The van der Waals surface area contributed by atoms with Crippen molar-refractivity contribution in [1.29, 1.82) is 0 Å². The topological polar surface area (TPSA) is 83.6 Å². The second kappa shape index (κ2) is 9.18. The minimum atomic E-state index is -0.101. The number of hydrogen-bond donors (Lipinski definition) is 2. The number of hydrogen-bond acceptors (Lipinski definition) is 5. The molecule has 2 saturated heterocycles. The molecule has 3 heterocycles. The van der Waals surface area contributed by atoms with Crippen molar-refractivity contribution in [2.75, 3.05) is 12.0 Å². The van der Waals surface area contributed by atoms with Gasteiger partial charge < -0.3 is 20.3 Å². The highest BCUT2D eigenvalue weighted by molar-refractivity contribution is 5.96. The Bertz CT molecular complexity index is 975. The SMILES string of the molecule is COc1cccc(C(=O)NC2CC3CCC(C2)N3c2ccc(C(=O)NC(C)C)cn2)c1C. The number of piperidine rings is 1. The van der Waals surface area contributed by atoms with E-state index in [0.717, 1.165) is 42.8 Å². The van der Waals surface area contributed by atoms with E-state index in [0.29, 0.717) is 23.2 Å². The summed E-state index contributed by atoms with van der Waals surface area (Å²) in [5.74, 6) is 1.49. The van der Waals surface area contributed by atoms with Crippen molar-refractivity contribution in [2.24, 2.45) is 0 Å². The summed E-state index contributed by atoms with van der Waals surface area (Å²) in [5.41, 5.74) is 2.10. The van der Waals surface area contributed by atoms with Gasteiger partial charge in [-0.1, -0.05) is 6.07 Å². The molecule has 32 heavy (non-hydrogen) atoms. The number of benzene rings is 1. The number of ether oxygens (including phenoxy) is 1. The highest BCUT2D eigenvalue weighted by atomic mass is 16.5. The van der Waals surface area contributed by atoms with E-state index in [-0.39, 0.29) is 23.9 Å². The summed E-state index contributed by atoms with van der Waals surface area (Å²) in [5, 5.41) is 6.14. The molecule has 0 spiro atoms. The number of nitrogens with one attached hydrogen (secondary N) is 2. The molecule has 2 N–H and O–H groups in total. The molecule has 4 rings (SSSR count). The fourth-order valence-corrected chi connectivity index (χ4v) is 5.03. The molecule has 2 aliphatic heterocycles. The third kappa shape index (κ3) is 4.42. The maximum absolute atomic E-state index is 12.9. The first kappa shape index (κ1) is 22.1. The summed E-state index contributed by atoms with van der Waals surface area (Å²) in [6, 6.07) is 10.3. The molecular weight excluding hydrogens is 404 g/mol. The van der Waals surface area contributed by atoms with Gasteiger partial charge in [-0.15, -0.1) is 0 Å². The highest BCUT2D eigenvalue weighted by Gasteiger charge is 2.41. The van der Waals surface area contributed by atoms with Crippen LogP contribution in [0.1, 0.15) is 65.8 Å². The van der Waals surface area contributed by atoms with Crippen molar-refractivity contribution in [1.82, 2.24) is 15.6 Å². The maximum atomic E-state index is 12.9. The average molecular weight is 437 g/mol. The Hall–Kier alpha value is -3.09. The van der Waals surface area contributed by atoms with E-state index >= 15 is 0 Å². The molecule has 2 amide bonds. The number of fused-ring (bicyclic) bond motifs is 2. The summed E-state index contributed by atoms with van der Waals surface area (Å²) in [6.07, 6.45) is 5.62. The van der Waals surface area contributed by atoms with Crippen molar-refractivity contribution >= 4 is 17.6 Å². The van der Waals surface area contributed by atoms with E-state index in [9.17, 15) is 9.59 Å². The Labute approximate surface area is 189 Å². The minimum absolute atomic E-state index is 0.0436. The zero-order chi connectivity index (χ0) is 22.8. The Kier molecular flexibility index (Phi) is 6.35. The molecule has 0 radical (unpaired) electrons. The molecule has 2 fully saturated rings. The van der Waals surface area contributed by atoms with E-state index in [1.165, 1.54) is 0 Å². The maximum Gasteiger partial charge on any atom is 0.253 e. The lowest BCUT2D eigenvalue weighted by Gasteiger charge is -2.40. The molecule has 0 saturated carbocycles. The normalized spacial score (nSPS) is 22.0. The Balaban J connectivity index is 1.42. The predicted octanol–water partition coefficient (Wildman–Crippen LogP) is 3.47. The molecule has 1 aromatic heterocycles. The van der Waals surface area contributed by atoms with Gasteiger partial charge in [-0.3, -0.25) is 9.59 Å². The van der Waals surface area contributed by atoms with Crippen molar-refractivity contribution in [2.45, 2.75) is 70.6 Å². The lowest BCUT2D eigenvalue weighted by atomic mass is 9.96. The molecule has 2 bridgehead atoms. The molecular formula is C25H32N4O3. The van der Waals surface area contributed by atoms with Crippen LogP contribution in [-0.2, 0) is 0 Å². The van der Waals surface area contributed by atoms with Crippen molar-refractivity contribution in [3.8, 4) is 5.75 Å². The number of amides is 2. The lowest BCUT2D eigenvalue weighted by molar-refractivity contribution is 0.0922. The van der Waals surface area contributed by atoms with Crippen LogP contribution in [0, 0.1) is 6.92 Å². The van der Waals surface area contributed by atoms with Crippen LogP contribution in [0.15, 0.2) is 36.5 Å². The van der Waals surface area contributed by atoms with Gasteiger partial charge in [0.25, 0.3) is 11.8 Å². The van der Waals surface area contributed by atoms with Gasteiger partial charge in [0, 0.05) is 41.5 Å². The number of carbonyl (C=O) groups is 2. The van der Waals surface area contributed by atoms with Gasteiger partial charge in [0.15, 0.2) is 0 Å². The zero-order valence-corrected chi connectivity index (χ0v) is 19.2. The average Bonchev–Trinajstić information content (AvgIpc) is 3.03. The van der Waals surface area contributed by atoms with Crippen LogP contribution in [0.25, 0.3) is 0 Å².